The SMILES string of the molecule is NC(=O)CNC(=O)c1cccc(NS(=O)(=O)c2ccc(Br)s2)c1. The molecule has 1 aromatic heterocycles. The van der Waals surface area contributed by atoms with Crippen LogP contribution in [0.1, 0.15) is 10.4 Å². The van der Waals surface area contributed by atoms with Gasteiger partial charge < -0.3 is 11.1 Å². The minimum atomic E-state index is -3.73. The van der Waals surface area contributed by atoms with Gasteiger partial charge in [-0.2, -0.15) is 0 Å². The van der Waals surface area contributed by atoms with Crippen molar-refractivity contribution in [2.24, 2.45) is 5.73 Å². The maximum atomic E-state index is 12.2. The second kappa shape index (κ2) is 7.11. The molecule has 0 unspecified atom stereocenters. The Morgan fingerprint density at radius 2 is 1.96 bits per heavy atom. The van der Waals surface area contributed by atoms with Gasteiger partial charge in [0.1, 0.15) is 4.21 Å². The van der Waals surface area contributed by atoms with Crippen molar-refractivity contribution in [1.29, 1.82) is 0 Å². The van der Waals surface area contributed by atoms with E-state index in [9.17, 15) is 18.0 Å². The number of halogens is 1. The molecule has 0 spiro atoms. The summed E-state index contributed by atoms with van der Waals surface area (Å²) < 4.78 is 27.7. The molecule has 0 saturated heterocycles. The monoisotopic (exact) mass is 417 g/mol. The predicted molar refractivity (Wildman–Crippen MR) is 90.8 cm³/mol. The van der Waals surface area contributed by atoms with Gasteiger partial charge in [-0.05, 0) is 46.3 Å². The zero-order chi connectivity index (χ0) is 17.0. The maximum Gasteiger partial charge on any atom is 0.271 e. The summed E-state index contributed by atoms with van der Waals surface area (Å²) in [6.45, 7) is -0.294. The summed E-state index contributed by atoms with van der Waals surface area (Å²) in [4.78, 5) is 22.5. The van der Waals surface area contributed by atoms with Crippen LogP contribution in [-0.4, -0.2) is 26.8 Å². The first-order valence-corrected chi connectivity index (χ1v) is 9.32. The second-order valence-corrected chi connectivity index (χ2v) is 8.77. The highest BCUT2D eigenvalue weighted by atomic mass is 79.9. The number of carbonyl (C=O) groups is 2. The van der Waals surface area contributed by atoms with E-state index in [0.29, 0.717) is 3.79 Å². The molecule has 122 valence electrons. The lowest BCUT2D eigenvalue weighted by molar-refractivity contribution is -0.117. The molecule has 2 amide bonds. The molecule has 0 aliphatic rings. The number of sulfonamides is 1. The Balaban J connectivity index is 2.17. The van der Waals surface area contributed by atoms with Gasteiger partial charge in [0, 0.05) is 11.3 Å². The minimum absolute atomic E-state index is 0.146. The first-order valence-electron chi connectivity index (χ1n) is 6.22. The molecule has 1 aromatic carbocycles. The van der Waals surface area contributed by atoms with Gasteiger partial charge >= 0.3 is 0 Å². The van der Waals surface area contributed by atoms with Crippen LogP contribution in [0, 0.1) is 0 Å². The lowest BCUT2D eigenvalue weighted by atomic mass is 10.2. The van der Waals surface area contributed by atoms with E-state index < -0.39 is 21.8 Å². The number of rotatable bonds is 6. The fourth-order valence-corrected chi connectivity index (χ4v) is 4.70. The Morgan fingerprint density at radius 1 is 1.22 bits per heavy atom. The highest BCUT2D eigenvalue weighted by Crippen LogP contribution is 2.27. The number of anilines is 1. The minimum Gasteiger partial charge on any atom is -0.368 e. The van der Waals surface area contributed by atoms with E-state index in [1.54, 1.807) is 6.07 Å². The second-order valence-electron chi connectivity index (χ2n) is 4.39. The highest BCUT2D eigenvalue weighted by molar-refractivity contribution is 9.11. The average molecular weight is 418 g/mol. The van der Waals surface area contributed by atoms with Crippen LogP contribution < -0.4 is 15.8 Å². The van der Waals surface area contributed by atoms with E-state index in [2.05, 4.69) is 26.0 Å². The van der Waals surface area contributed by atoms with Crippen molar-refractivity contribution in [3.05, 3.63) is 45.7 Å². The molecule has 0 bridgehead atoms. The summed E-state index contributed by atoms with van der Waals surface area (Å²) >= 11 is 4.28. The molecule has 4 N–H and O–H groups in total. The number of nitrogens with one attached hydrogen (secondary N) is 2. The largest absolute Gasteiger partial charge is 0.368 e. The van der Waals surface area contributed by atoms with Gasteiger partial charge in [0.2, 0.25) is 5.91 Å². The van der Waals surface area contributed by atoms with Crippen LogP contribution in [0.5, 0.6) is 0 Å². The predicted octanol–water partition coefficient (Wildman–Crippen LogP) is 1.53. The summed E-state index contributed by atoms with van der Waals surface area (Å²) in [5.41, 5.74) is 5.39. The third-order valence-corrected chi connectivity index (χ3v) is 6.11. The smallest absolute Gasteiger partial charge is 0.271 e. The quantitative estimate of drug-likeness (QED) is 0.659. The molecule has 0 radical (unpaired) electrons. The molecule has 0 saturated carbocycles. The Hall–Kier alpha value is -1.91. The van der Waals surface area contributed by atoms with E-state index in [1.807, 2.05) is 0 Å². The van der Waals surface area contributed by atoms with Crippen molar-refractivity contribution < 1.29 is 18.0 Å². The molecule has 10 heteroatoms. The van der Waals surface area contributed by atoms with Gasteiger partial charge in [0.05, 0.1) is 10.3 Å². The number of amides is 2. The van der Waals surface area contributed by atoms with E-state index in [1.165, 1.54) is 30.3 Å². The Bertz CT molecular complexity index is 848. The van der Waals surface area contributed by atoms with E-state index in [4.69, 9.17) is 5.73 Å². The van der Waals surface area contributed by atoms with Crippen molar-refractivity contribution in [2.45, 2.75) is 4.21 Å². The summed E-state index contributed by atoms with van der Waals surface area (Å²) in [6, 6.07) is 9.02. The van der Waals surface area contributed by atoms with Crippen molar-refractivity contribution in [2.75, 3.05) is 11.3 Å². The van der Waals surface area contributed by atoms with Crippen LogP contribution in [0.2, 0.25) is 0 Å². The zero-order valence-electron chi connectivity index (χ0n) is 11.6. The number of nitrogens with two attached hydrogens (primary N) is 1. The summed E-state index contributed by atoms with van der Waals surface area (Å²) in [5, 5.41) is 2.33. The van der Waals surface area contributed by atoms with Crippen molar-refractivity contribution in [3.8, 4) is 0 Å². The molecule has 0 aliphatic carbocycles. The molecule has 2 rings (SSSR count). The fraction of sp³-hybridized carbons (Fsp3) is 0.0769. The number of benzene rings is 1. The molecule has 0 aliphatic heterocycles. The maximum absolute atomic E-state index is 12.2. The van der Waals surface area contributed by atoms with Gasteiger partial charge in [0.25, 0.3) is 15.9 Å². The van der Waals surface area contributed by atoms with E-state index in [-0.39, 0.29) is 22.0 Å². The molecule has 1 heterocycles. The molecule has 7 nitrogen and oxygen atoms in total. The number of primary amides is 1. The fourth-order valence-electron chi connectivity index (χ4n) is 1.64. The summed E-state index contributed by atoms with van der Waals surface area (Å²) in [5.74, 6) is -1.19. The van der Waals surface area contributed by atoms with Crippen molar-refractivity contribution >= 4 is 54.8 Å². The molecule has 0 fully saturated rings. The normalized spacial score (nSPS) is 11.0. The highest BCUT2D eigenvalue weighted by Gasteiger charge is 2.17. The average Bonchev–Trinajstić information content (AvgIpc) is 2.92. The molecular formula is C13H12BrN3O4S2. The van der Waals surface area contributed by atoms with Crippen LogP contribution >= 0.6 is 27.3 Å². The van der Waals surface area contributed by atoms with E-state index in [0.717, 1.165) is 11.3 Å². The summed E-state index contributed by atoms with van der Waals surface area (Å²) in [7, 11) is -3.73. The van der Waals surface area contributed by atoms with Crippen LogP contribution in [0.3, 0.4) is 0 Å². The third-order valence-electron chi connectivity index (χ3n) is 2.61. The van der Waals surface area contributed by atoms with Crippen LogP contribution in [-0.2, 0) is 14.8 Å². The lowest BCUT2D eigenvalue weighted by Crippen LogP contribution is -2.33. The number of hydrogen-bond donors (Lipinski definition) is 3. The Kier molecular flexibility index (Phi) is 5.39. The topological polar surface area (TPSA) is 118 Å². The number of thiophene rings is 1. The molecule has 23 heavy (non-hydrogen) atoms. The summed E-state index contributed by atoms with van der Waals surface area (Å²) in [6.07, 6.45) is 0. The van der Waals surface area contributed by atoms with Gasteiger partial charge in [-0.15, -0.1) is 11.3 Å². The van der Waals surface area contributed by atoms with Gasteiger partial charge in [-0.1, -0.05) is 6.07 Å². The molecule has 0 atom stereocenters. The molecule has 2 aromatic rings. The van der Waals surface area contributed by atoms with Gasteiger partial charge in [-0.25, -0.2) is 8.42 Å². The van der Waals surface area contributed by atoms with Crippen LogP contribution in [0.25, 0.3) is 0 Å². The van der Waals surface area contributed by atoms with E-state index >= 15 is 0 Å². The molecular weight excluding hydrogens is 406 g/mol. The first-order chi connectivity index (χ1) is 10.8. The van der Waals surface area contributed by atoms with Crippen LogP contribution in [0.15, 0.2) is 44.4 Å². The zero-order valence-corrected chi connectivity index (χ0v) is 14.8. The van der Waals surface area contributed by atoms with Crippen LogP contribution in [0.4, 0.5) is 5.69 Å². The van der Waals surface area contributed by atoms with Gasteiger partial charge in [0.15, 0.2) is 0 Å². The van der Waals surface area contributed by atoms with Gasteiger partial charge in [-0.3, -0.25) is 14.3 Å². The van der Waals surface area contributed by atoms with Crippen molar-refractivity contribution in [3.63, 3.8) is 0 Å². The number of carbonyl (C=O) groups excluding carboxylic acids is 2. The Labute approximate surface area is 145 Å². The standard InChI is InChI=1S/C13H12BrN3O4S2/c14-10-4-5-12(22-10)23(20,21)17-9-3-1-2-8(6-9)13(19)16-7-11(15)18/h1-6,17H,7H2,(H2,15,18)(H,16,19). The van der Waals surface area contributed by atoms with Crippen molar-refractivity contribution in [1.82, 2.24) is 5.32 Å². The Morgan fingerprint density at radius 3 is 2.57 bits per heavy atom. The number of hydrogen-bond acceptors (Lipinski definition) is 5. The lowest BCUT2D eigenvalue weighted by Gasteiger charge is -2.08. The first kappa shape index (κ1) is 17.4. The third kappa shape index (κ3) is 4.78.